The van der Waals surface area contributed by atoms with E-state index in [1.165, 1.54) is 7.11 Å². The van der Waals surface area contributed by atoms with E-state index >= 15 is 0 Å². The Labute approximate surface area is 147 Å². The molecule has 1 atom stereocenters. The van der Waals surface area contributed by atoms with Gasteiger partial charge in [-0.1, -0.05) is 15.9 Å². The number of nitrogens with one attached hydrogen (secondary N) is 1. The highest BCUT2D eigenvalue weighted by Crippen LogP contribution is 2.35. The van der Waals surface area contributed by atoms with E-state index < -0.39 is 11.9 Å². The second-order valence-corrected chi connectivity index (χ2v) is 6.36. The molecule has 0 radical (unpaired) electrons. The monoisotopic (exact) mass is 386 g/mol. The lowest BCUT2D eigenvalue weighted by Crippen LogP contribution is -2.18. The predicted octanol–water partition coefficient (Wildman–Crippen LogP) is 4.06. The molecule has 0 saturated carbocycles. The fraction of sp³-hybridized carbons (Fsp3) is 0.167. The molecule has 1 aliphatic rings. The number of benzene rings is 2. The van der Waals surface area contributed by atoms with Crippen LogP contribution in [0.3, 0.4) is 0 Å². The number of esters is 1. The number of carbonyl (C=O) groups is 2. The van der Waals surface area contributed by atoms with Crippen LogP contribution in [0.1, 0.15) is 28.8 Å². The van der Waals surface area contributed by atoms with Gasteiger partial charge in [0.25, 0.3) is 0 Å². The second-order valence-electron chi connectivity index (χ2n) is 5.45. The summed E-state index contributed by atoms with van der Waals surface area (Å²) in [5.41, 5.74) is 3.27. The third-order valence-electron chi connectivity index (χ3n) is 3.85. The number of fused-ring (bicyclic) bond motifs is 1. The molecular weight excluding hydrogens is 372 g/mol. The summed E-state index contributed by atoms with van der Waals surface area (Å²) in [6.07, 6.45) is 0. The van der Waals surface area contributed by atoms with Gasteiger partial charge in [-0.25, -0.2) is 4.79 Å². The fourth-order valence-electron chi connectivity index (χ4n) is 2.70. The largest absolute Gasteiger partial charge is 0.465 e. The van der Waals surface area contributed by atoms with Crippen molar-refractivity contribution >= 4 is 44.9 Å². The SMILES string of the molecule is COC(=O)c1ccc2c(c1)C(C(C)=Nc1ccc(Br)cc1)C(=O)N2. The maximum Gasteiger partial charge on any atom is 0.337 e. The van der Waals surface area contributed by atoms with Crippen molar-refractivity contribution < 1.29 is 14.3 Å². The Kier molecular flexibility index (Phi) is 4.49. The molecule has 0 bridgehead atoms. The van der Waals surface area contributed by atoms with Crippen LogP contribution in [0, 0.1) is 0 Å². The van der Waals surface area contributed by atoms with Crippen LogP contribution in [0.15, 0.2) is 51.9 Å². The maximum absolute atomic E-state index is 12.4. The molecule has 1 aliphatic heterocycles. The number of carbonyl (C=O) groups excluding carboxylic acids is 2. The zero-order valence-corrected chi connectivity index (χ0v) is 14.8. The van der Waals surface area contributed by atoms with Gasteiger partial charge in [0.2, 0.25) is 5.91 Å². The van der Waals surface area contributed by atoms with E-state index in [1.54, 1.807) is 18.2 Å². The third kappa shape index (κ3) is 3.10. The number of hydrogen-bond acceptors (Lipinski definition) is 4. The second kappa shape index (κ2) is 6.57. The van der Waals surface area contributed by atoms with E-state index in [1.807, 2.05) is 31.2 Å². The van der Waals surface area contributed by atoms with E-state index in [2.05, 4.69) is 26.2 Å². The number of amides is 1. The van der Waals surface area contributed by atoms with Gasteiger partial charge in [0.1, 0.15) is 5.92 Å². The van der Waals surface area contributed by atoms with Crippen molar-refractivity contribution in [2.45, 2.75) is 12.8 Å². The number of aliphatic imine (C=N–C) groups is 1. The van der Waals surface area contributed by atoms with Crippen molar-refractivity contribution in [3.8, 4) is 0 Å². The lowest BCUT2D eigenvalue weighted by atomic mass is 9.94. The van der Waals surface area contributed by atoms with Crippen LogP contribution < -0.4 is 5.32 Å². The van der Waals surface area contributed by atoms with Crippen LogP contribution in [0.2, 0.25) is 0 Å². The molecule has 1 unspecified atom stereocenters. The van der Waals surface area contributed by atoms with Crippen LogP contribution in [0.4, 0.5) is 11.4 Å². The van der Waals surface area contributed by atoms with E-state index in [9.17, 15) is 9.59 Å². The third-order valence-corrected chi connectivity index (χ3v) is 4.38. The Bertz CT molecular complexity index is 844. The first-order valence-corrected chi connectivity index (χ1v) is 8.13. The molecule has 1 heterocycles. The summed E-state index contributed by atoms with van der Waals surface area (Å²) in [6, 6.07) is 12.6. The van der Waals surface area contributed by atoms with Crippen LogP contribution >= 0.6 is 15.9 Å². The summed E-state index contributed by atoms with van der Waals surface area (Å²) in [7, 11) is 1.33. The molecule has 2 aromatic carbocycles. The molecule has 1 amide bonds. The molecule has 5 nitrogen and oxygen atoms in total. The summed E-state index contributed by atoms with van der Waals surface area (Å²) in [5, 5.41) is 2.83. The minimum absolute atomic E-state index is 0.148. The summed E-state index contributed by atoms with van der Waals surface area (Å²) in [4.78, 5) is 28.6. The molecule has 6 heteroatoms. The summed E-state index contributed by atoms with van der Waals surface area (Å²) >= 11 is 3.38. The first-order chi connectivity index (χ1) is 11.5. The predicted molar refractivity (Wildman–Crippen MR) is 96.1 cm³/mol. The molecule has 1 N–H and O–H groups in total. The highest BCUT2D eigenvalue weighted by atomic mass is 79.9. The summed E-state index contributed by atoms with van der Waals surface area (Å²) < 4.78 is 5.71. The van der Waals surface area contributed by atoms with Crippen LogP contribution in [-0.2, 0) is 9.53 Å². The standard InChI is InChI=1S/C18H15BrN2O3/c1-10(20-13-6-4-12(19)5-7-13)16-14-9-11(18(23)24-2)3-8-15(14)21-17(16)22/h3-9,16H,1-2H3,(H,21,22). The number of hydrogen-bond donors (Lipinski definition) is 1. The minimum atomic E-state index is -0.520. The zero-order valence-electron chi connectivity index (χ0n) is 13.2. The number of halogens is 1. The van der Waals surface area contributed by atoms with Gasteiger partial charge in [0.15, 0.2) is 0 Å². The first-order valence-electron chi connectivity index (χ1n) is 7.33. The fourth-order valence-corrected chi connectivity index (χ4v) is 2.97. The van der Waals surface area contributed by atoms with Crippen molar-refractivity contribution in [2.75, 3.05) is 12.4 Å². The van der Waals surface area contributed by atoms with Gasteiger partial charge in [0, 0.05) is 15.9 Å². The van der Waals surface area contributed by atoms with Gasteiger partial charge >= 0.3 is 5.97 Å². The Morgan fingerprint density at radius 3 is 2.58 bits per heavy atom. The van der Waals surface area contributed by atoms with Crippen molar-refractivity contribution in [1.29, 1.82) is 0 Å². The zero-order chi connectivity index (χ0) is 17.3. The molecule has 0 fully saturated rings. The lowest BCUT2D eigenvalue weighted by molar-refractivity contribution is -0.115. The quantitative estimate of drug-likeness (QED) is 0.638. The topological polar surface area (TPSA) is 67.8 Å². The number of nitrogens with zero attached hydrogens (tertiary/aromatic N) is 1. The highest BCUT2D eigenvalue weighted by Gasteiger charge is 2.33. The summed E-state index contributed by atoms with van der Waals surface area (Å²) in [5.74, 6) is -1.10. The van der Waals surface area contributed by atoms with Crippen molar-refractivity contribution in [3.05, 3.63) is 58.1 Å². The van der Waals surface area contributed by atoms with Gasteiger partial charge in [-0.2, -0.15) is 0 Å². The number of anilines is 1. The Morgan fingerprint density at radius 1 is 1.21 bits per heavy atom. The van der Waals surface area contributed by atoms with Crippen molar-refractivity contribution in [2.24, 2.45) is 4.99 Å². The van der Waals surface area contributed by atoms with Crippen LogP contribution in [0.25, 0.3) is 0 Å². The van der Waals surface area contributed by atoms with Gasteiger partial charge in [-0.05, 0) is 55.0 Å². The van der Waals surface area contributed by atoms with E-state index in [0.717, 1.165) is 15.7 Å². The average Bonchev–Trinajstić information content (AvgIpc) is 2.91. The van der Waals surface area contributed by atoms with Crippen LogP contribution in [-0.4, -0.2) is 24.7 Å². The van der Waals surface area contributed by atoms with Crippen molar-refractivity contribution in [3.63, 3.8) is 0 Å². The molecule has 0 aromatic heterocycles. The van der Waals surface area contributed by atoms with Gasteiger partial charge in [-0.3, -0.25) is 9.79 Å². The van der Waals surface area contributed by atoms with E-state index in [0.29, 0.717) is 17.0 Å². The van der Waals surface area contributed by atoms with E-state index in [4.69, 9.17) is 4.74 Å². The first kappa shape index (κ1) is 16.4. The highest BCUT2D eigenvalue weighted by molar-refractivity contribution is 9.10. The Hall–Kier alpha value is -2.47. The Balaban J connectivity index is 1.98. The normalized spacial score (nSPS) is 16.5. The number of ether oxygens (including phenoxy) is 1. The maximum atomic E-state index is 12.4. The minimum Gasteiger partial charge on any atom is -0.465 e. The average molecular weight is 387 g/mol. The molecule has 2 aromatic rings. The smallest absolute Gasteiger partial charge is 0.337 e. The lowest BCUT2D eigenvalue weighted by Gasteiger charge is -2.10. The molecular formula is C18H15BrN2O3. The van der Waals surface area contributed by atoms with Gasteiger partial charge < -0.3 is 10.1 Å². The molecule has 0 saturated heterocycles. The van der Waals surface area contributed by atoms with Crippen LogP contribution in [0.5, 0.6) is 0 Å². The van der Waals surface area contributed by atoms with Crippen molar-refractivity contribution in [1.82, 2.24) is 0 Å². The van der Waals surface area contributed by atoms with Gasteiger partial charge in [-0.15, -0.1) is 0 Å². The molecule has 0 spiro atoms. The Morgan fingerprint density at radius 2 is 1.92 bits per heavy atom. The molecule has 3 rings (SSSR count). The van der Waals surface area contributed by atoms with E-state index in [-0.39, 0.29) is 5.91 Å². The number of methoxy groups -OCH3 is 1. The molecule has 24 heavy (non-hydrogen) atoms. The molecule has 0 aliphatic carbocycles. The summed E-state index contributed by atoms with van der Waals surface area (Å²) in [6.45, 7) is 1.81. The van der Waals surface area contributed by atoms with Gasteiger partial charge in [0.05, 0.1) is 18.4 Å². The number of rotatable bonds is 3. The molecule has 122 valence electrons.